The van der Waals surface area contributed by atoms with Gasteiger partial charge in [0.05, 0.1) is 5.52 Å². The van der Waals surface area contributed by atoms with Crippen molar-refractivity contribution in [1.29, 1.82) is 0 Å². The van der Waals surface area contributed by atoms with E-state index in [0.717, 1.165) is 38.6 Å². The molecule has 0 aliphatic rings. The number of ether oxygens (including phenoxy) is 1. The van der Waals surface area contributed by atoms with Gasteiger partial charge in [-0.1, -0.05) is 40.2 Å². The molecule has 146 valence electrons. The average Bonchev–Trinajstić information content (AvgIpc) is 2.72. The van der Waals surface area contributed by atoms with E-state index in [-0.39, 0.29) is 0 Å². The van der Waals surface area contributed by atoms with Crippen LogP contribution in [-0.4, -0.2) is 29.0 Å². The summed E-state index contributed by atoms with van der Waals surface area (Å²) in [6.07, 6.45) is 3.54. The number of hydrogen-bond donors (Lipinski definition) is 0. The molecule has 0 spiro atoms. The van der Waals surface area contributed by atoms with Gasteiger partial charge in [0.1, 0.15) is 6.61 Å². The van der Waals surface area contributed by atoms with E-state index in [9.17, 15) is 0 Å². The third-order valence-electron chi connectivity index (χ3n) is 4.63. The van der Waals surface area contributed by atoms with E-state index in [0.29, 0.717) is 12.5 Å². The van der Waals surface area contributed by atoms with E-state index in [1.165, 1.54) is 5.56 Å². The van der Waals surface area contributed by atoms with Crippen LogP contribution in [0.1, 0.15) is 11.1 Å². The van der Waals surface area contributed by atoms with Crippen molar-refractivity contribution < 1.29 is 4.74 Å². The summed E-state index contributed by atoms with van der Waals surface area (Å²) in [6, 6.07) is 20.7. The van der Waals surface area contributed by atoms with Gasteiger partial charge in [0.25, 0.3) is 0 Å². The first kappa shape index (κ1) is 19.6. The molecule has 0 aliphatic carbocycles. The lowest BCUT2D eigenvalue weighted by molar-refractivity contribution is 0.296. The van der Waals surface area contributed by atoms with Crippen LogP contribution in [0.25, 0.3) is 22.0 Å². The quantitative estimate of drug-likeness (QED) is 0.379. The normalized spacial score (nSPS) is 11.2. The van der Waals surface area contributed by atoms with Gasteiger partial charge in [-0.15, -0.1) is 0 Å². The second-order valence-corrected chi connectivity index (χ2v) is 8.17. The number of pyridine rings is 2. The van der Waals surface area contributed by atoms with Crippen molar-refractivity contribution in [2.75, 3.05) is 14.1 Å². The molecule has 29 heavy (non-hydrogen) atoms. The van der Waals surface area contributed by atoms with Crippen LogP contribution in [0.5, 0.6) is 5.88 Å². The van der Waals surface area contributed by atoms with E-state index >= 15 is 0 Å². The lowest BCUT2D eigenvalue weighted by Crippen LogP contribution is -2.10. The predicted molar refractivity (Wildman–Crippen MR) is 121 cm³/mol. The molecule has 0 fully saturated rings. The Bertz CT molecular complexity index is 1110. The van der Waals surface area contributed by atoms with Crippen molar-refractivity contribution in [1.82, 2.24) is 14.9 Å². The fourth-order valence-electron chi connectivity index (χ4n) is 3.23. The van der Waals surface area contributed by atoms with Gasteiger partial charge in [0, 0.05) is 34.4 Å². The number of halogens is 1. The highest BCUT2D eigenvalue weighted by atomic mass is 79.9. The molecule has 0 aliphatic heterocycles. The standard InChI is InChI=1S/C24H22BrN3O/c1-28(2)15-17-3-5-19(6-4-17)22-14-20-13-21(25)7-8-23(20)27-24(22)29-16-18-9-11-26-12-10-18/h3-14H,15-16H2,1-2H3. The second-order valence-electron chi connectivity index (χ2n) is 7.26. The summed E-state index contributed by atoms with van der Waals surface area (Å²) in [4.78, 5) is 11.0. The third-order valence-corrected chi connectivity index (χ3v) is 5.12. The van der Waals surface area contributed by atoms with Gasteiger partial charge in [-0.2, -0.15) is 0 Å². The first-order valence-corrected chi connectivity index (χ1v) is 10.2. The molecule has 0 N–H and O–H groups in total. The SMILES string of the molecule is CN(C)Cc1ccc(-c2cc3cc(Br)ccc3nc2OCc2ccncc2)cc1. The molecule has 2 aromatic heterocycles. The molecule has 0 radical (unpaired) electrons. The van der Waals surface area contributed by atoms with Crippen LogP contribution in [0.15, 0.2) is 77.5 Å². The molecular weight excluding hydrogens is 426 g/mol. The van der Waals surface area contributed by atoms with Gasteiger partial charge in [-0.25, -0.2) is 4.98 Å². The molecule has 0 atom stereocenters. The first-order chi connectivity index (χ1) is 14.1. The van der Waals surface area contributed by atoms with Gasteiger partial charge in [-0.3, -0.25) is 4.98 Å². The van der Waals surface area contributed by atoms with Gasteiger partial charge in [0.2, 0.25) is 5.88 Å². The molecule has 4 rings (SSSR count). The first-order valence-electron chi connectivity index (χ1n) is 9.44. The maximum Gasteiger partial charge on any atom is 0.222 e. The van der Waals surface area contributed by atoms with E-state index in [1.807, 2.05) is 24.3 Å². The maximum absolute atomic E-state index is 6.15. The highest BCUT2D eigenvalue weighted by Crippen LogP contribution is 2.33. The van der Waals surface area contributed by atoms with Crippen LogP contribution in [0, 0.1) is 0 Å². The predicted octanol–water partition coefficient (Wildman–Crippen LogP) is 5.70. The number of aromatic nitrogens is 2. The maximum atomic E-state index is 6.15. The summed E-state index contributed by atoms with van der Waals surface area (Å²) >= 11 is 3.56. The monoisotopic (exact) mass is 447 g/mol. The number of nitrogens with zero attached hydrogens (tertiary/aromatic N) is 3. The van der Waals surface area contributed by atoms with Crippen molar-refractivity contribution >= 4 is 26.8 Å². The average molecular weight is 448 g/mol. The number of benzene rings is 2. The Morgan fingerprint density at radius 2 is 1.66 bits per heavy atom. The largest absolute Gasteiger partial charge is 0.472 e. The van der Waals surface area contributed by atoms with E-state index in [1.54, 1.807) is 12.4 Å². The molecule has 0 unspecified atom stereocenters. The van der Waals surface area contributed by atoms with Crippen LogP contribution >= 0.6 is 15.9 Å². The zero-order valence-corrected chi connectivity index (χ0v) is 18.1. The van der Waals surface area contributed by atoms with Gasteiger partial charge >= 0.3 is 0 Å². The molecule has 2 aromatic carbocycles. The Kier molecular flexibility index (Phi) is 5.88. The van der Waals surface area contributed by atoms with Crippen molar-refractivity contribution in [3.8, 4) is 17.0 Å². The summed E-state index contributed by atoms with van der Waals surface area (Å²) < 4.78 is 7.18. The fourth-order valence-corrected chi connectivity index (χ4v) is 3.61. The van der Waals surface area contributed by atoms with E-state index < -0.39 is 0 Å². The molecule has 0 amide bonds. The highest BCUT2D eigenvalue weighted by molar-refractivity contribution is 9.10. The lowest BCUT2D eigenvalue weighted by Gasteiger charge is -2.14. The van der Waals surface area contributed by atoms with Gasteiger partial charge in [-0.05, 0) is 67.2 Å². The van der Waals surface area contributed by atoms with Crippen LogP contribution in [0.3, 0.4) is 0 Å². The lowest BCUT2D eigenvalue weighted by atomic mass is 10.0. The summed E-state index contributed by atoms with van der Waals surface area (Å²) in [5.41, 5.74) is 5.32. The van der Waals surface area contributed by atoms with E-state index in [4.69, 9.17) is 9.72 Å². The molecule has 4 nitrogen and oxygen atoms in total. The van der Waals surface area contributed by atoms with Gasteiger partial charge in [0.15, 0.2) is 0 Å². The Morgan fingerprint density at radius 3 is 2.38 bits per heavy atom. The number of rotatable bonds is 6. The molecule has 4 aromatic rings. The van der Waals surface area contributed by atoms with Crippen molar-refractivity contribution in [2.45, 2.75) is 13.2 Å². The molecule has 0 saturated carbocycles. The number of fused-ring (bicyclic) bond motifs is 1. The van der Waals surface area contributed by atoms with Crippen molar-refractivity contribution in [2.24, 2.45) is 0 Å². The molecule has 0 saturated heterocycles. The van der Waals surface area contributed by atoms with Crippen LogP contribution in [-0.2, 0) is 13.2 Å². The Morgan fingerprint density at radius 1 is 0.897 bits per heavy atom. The Labute approximate surface area is 179 Å². The van der Waals surface area contributed by atoms with Crippen molar-refractivity contribution in [3.05, 3.63) is 88.7 Å². The zero-order chi connectivity index (χ0) is 20.2. The summed E-state index contributed by atoms with van der Waals surface area (Å²) in [5.74, 6) is 0.636. The Hall–Kier alpha value is -2.76. The topological polar surface area (TPSA) is 38.2 Å². The third kappa shape index (κ3) is 4.81. The second kappa shape index (κ2) is 8.72. The minimum absolute atomic E-state index is 0.448. The minimum atomic E-state index is 0.448. The Balaban J connectivity index is 1.73. The number of hydrogen-bond acceptors (Lipinski definition) is 4. The van der Waals surface area contributed by atoms with Crippen molar-refractivity contribution in [3.63, 3.8) is 0 Å². The summed E-state index contributed by atoms with van der Waals surface area (Å²) in [7, 11) is 4.15. The van der Waals surface area contributed by atoms with Crippen LogP contribution in [0.4, 0.5) is 0 Å². The smallest absolute Gasteiger partial charge is 0.222 e. The van der Waals surface area contributed by atoms with Gasteiger partial charge < -0.3 is 9.64 Å². The summed E-state index contributed by atoms with van der Waals surface area (Å²) in [6.45, 7) is 1.36. The molecule has 2 heterocycles. The fraction of sp³-hybridized carbons (Fsp3) is 0.167. The summed E-state index contributed by atoms with van der Waals surface area (Å²) in [5, 5.41) is 1.07. The highest BCUT2D eigenvalue weighted by Gasteiger charge is 2.12. The molecule has 0 bridgehead atoms. The van der Waals surface area contributed by atoms with Crippen LogP contribution < -0.4 is 4.74 Å². The van der Waals surface area contributed by atoms with Crippen LogP contribution in [0.2, 0.25) is 0 Å². The molecule has 5 heteroatoms. The molecular formula is C24H22BrN3O. The zero-order valence-electron chi connectivity index (χ0n) is 16.5. The minimum Gasteiger partial charge on any atom is -0.472 e. The van der Waals surface area contributed by atoms with E-state index in [2.05, 4.69) is 76.3 Å².